The molecule has 0 aromatic rings. The molecule has 0 radical (unpaired) electrons. The number of esters is 1. The van der Waals surface area contributed by atoms with Crippen molar-refractivity contribution in [3.63, 3.8) is 0 Å². The molecule has 0 spiro atoms. The Hall–Kier alpha value is -0.570. The normalized spacial score (nSPS) is 29.9. The molecule has 1 saturated heterocycles. The molecular weight excluding hydrogens is 190 g/mol. The van der Waals surface area contributed by atoms with Gasteiger partial charge in [0.25, 0.3) is 0 Å². The van der Waals surface area contributed by atoms with E-state index in [-0.39, 0.29) is 11.9 Å². The van der Waals surface area contributed by atoms with Crippen molar-refractivity contribution < 1.29 is 9.53 Å². The van der Waals surface area contributed by atoms with Gasteiger partial charge in [-0.1, -0.05) is 13.8 Å². The topological polar surface area (TPSA) is 29.5 Å². The highest BCUT2D eigenvalue weighted by Crippen LogP contribution is 2.22. The number of likely N-dealkylation sites (tertiary alicyclic amines) is 1. The van der Waals surface area contributed by atoms with Gasteiger partial charge in [0, 0.05) is 19.1 Å². The molecule has 3 nitrogen and oxygen atoms in total. The van der Waals surface area contributed by atoms with Crippen LogP contribution in [0.3, 0.4) is 0 Å². The van der Waals surface area contributed by atoms with E-state index in [1.54, 1.807) is 0 Å². The van der Waals surface area contributed by atoms with Crippen molar-refractivity contribution in [3.05, 3.63) is 0 Å². The molecule has 1 fully saturated rings. The van der Waals surface area contributed by atoms with E-state index in [0.29, 0.717) is 6.04 Å². The third kappa shape index (κ3) is 3.49. The lowest BCUT2D eigenvalue weighted by atomic mass is 9.94. The number of hydrogen-bond acceptors (Lipinski definition) is 3. The Labute approximate surface area is 92.8 Å². The molecule has 0 aromatic heterocycles. The fourth-order valence-corrected chi connectivity index (χ4v) is 2.26. The summed E-state index contributed by atoms with van der Waals surface area (Å²) in [5.74, 6) is 0.647. The first-order valence-corrected chi connectivity index (χ1v) is 5.86. The molecule has 0 bridgehead atoms. The zero-order valence-electron chi connectivity index (χ0n) is 10.3. The van der Waals surface area contributed by atoms with Crippen molar-refractivity contribution in [2.75, 3.05) is 20.2 Å². The standard InChI is InChI=1S/C12H23NO2/c1-9-5-6-11(3)13(7-9)8-10(2)12(14)15-4/h9-11H,5-8H2,1-4H3. The van der Waals surface area contributed by atoms with Crippen LogP contribution in [-0.4, -0.2) is 37.1 Å². The van der Waals surface area contributed by atoms with Gasteiger partial charge in [-0.15, -0.1) is 0 Å². The first-order valence-electron chi connectivity index (χ1n) is 5.86. The summed E-state index contributed by atoms with van der Waals surface area (Å²) < 4.78 is 4.75. The molecule has 0 aliphatic carbocycles. The quantitative estimate of drug-likeness (QED) is 0.671. The third-order valence-corrected chi connectivity index (χ3v) is 3.36. The Bertz CT molecular complexity index is 218. The van der Waals surface area contributed by atoms with Crippen molar-refractivity contribution in [2.45, 2.75) is 39.7 Å². The molecule has 0 amide bonds. The molecule has 3 atom stereocenters. The maximum Gasteiger partial charge on any atom is 0.309 e. The zero-order valence-corrected chi connectivity index (χ0v) is 10.3. The van der Waals surface area contributed by atoms with Crippen molar-refractivity contribution in [1.29, 1.82) is 0 Å². The summed E-state index contributed by atoms with van der Waals surface area (Å²) in [5.41, 5.74) is 0. The first kappa shape index (κ1) is 12.5. The molecule has 15 heavy (non-hydrogen) atoms. The van der Waals surface area contributed by atoms with E-state index in [9.17, 15) is 4.79 Å². The smallest absolute Gasteiger partial charge is 0.309 e. The number of ether oxygens (including phenoxy) is 1. The number of piperidine rings is 1. The average Bonchev–Trinajstić information content (AvgIpc) is 2.22. The summed E-state index contributed by atoms with van der Waals surface area (Å²) in [7, 11) is 1.46. The lowest BCUT2D eigenvalue weighted by molar-refractivity contribution is -0.145. The van der Waals surface area contributed by atoms with Crippen LogP contribution in [0.4, 0.5) is 0 Å². The number of methoxy groups -OCH3 is 1. The highest BCUT2D eigenvalue weighted by Gasteiger charge is 2.26. The van der Waals surface area contributed by atoms with Crippen molar-refractivity contribution >= 4 is 5.97 Å². The fourth-order valence-electron chi connectivity index (χ4n) is 2.26. The number of carbonyl (C=O) groups excluding carboxylic acids is 1. The lowest BCUT2D eigenvalue weighted by Crippen LogP contribution is -2.44. The van der Waals surface area contributed by atoms with Gasteiger partial charge < -0.3 is 4.74 Å². The first-order chi connectivity index (χ1) is 7.04. The summed E-state index contributed by atoms with van der Waals surface area (Å²) in [6.07, 6.45) is 2.55. The van der Waals surface area contributed by atoms with Gasteiger partial charge in [-0.05, 0) is 25.7 Å². The maximum absolute atomic E-state index is 11.3. The van der Waals surface area contributed by atoms with E-state index in [4.69, 9.17) is 4.74 Å². The van der Waals surface area contributed by atoms with Crippen molar-refractivity contribution in [3.8, 4) is 0 Å². The summed E-state index contributed by atoms with van der Waals surface area (Å²) in [6.45, 7) is 8.41. The molecule has 3 unspecified atom stereocenters. The molecule has 1 rings (SSSR count). The Kier molecular flexibility index (Phi) is 4.58. The van der Waals surface area contributed by atoms with Crippen LogP contribution in [0.1, 0.15) is 33.6 Å². The van der Waals surface area contributed by atoms with Crippen LogP contribution in [-0.2, 0) is 9.53 Å². The molecule has 3 heteroatoms. The summed E-state index contributed by atoms with van der Waals surface area (Å²) in [4.78, 5) is 13.7. The van der Waals surface area contributed by atoms with Crippen molar-refractivity contribution in [1.82, 2.24) is 4.90 Å². The van der Waals surface area contributed by atoms with Gasteiger partial charge in [-0.25, -0.2) is 0 Å². The highest BCUT2D eigenvalue weighted by atomic mass is 16.5. The molecule has 0 N–H and O–H groups in total. The SMILES string of the molecule is COC(=O)C(C)CN1CC(C)CCC1C. The van der Waals surface area contributed by atoms with Crippen molar-refractivity contribution in [2.24, 2.45) is 11.8 Å². The van der Waals surface area contributed by atoms with Crippen LogP contribution < -0.4 is 0 Å². The minimum Gasteiger partial charge on any atom is -0.469 e. The van der Waals surface area contributed by atoms with E-state index in [0.717, 1.165) is 19.0 Å². The van der Waals surface area contributed by atoms with Gasteiger partial charge in [-0.3, -0.25) is 9.69 Å². The van der Waals surface area contributed by atoms with E-state index in [1.807, 2.05) is 6.92 Å². The van der Waals surface area contributed by atoms with Crippen LogP contribution >= 0.6 is 0 Å². The Morgan fingerprint density at radius 2 is 2.13 bits per heavy atom. The molecular formula is C12H23NO2. The summed E-state index contributed by atoms with van der Waals surface area (Å²) in [6, 6.07) is 0.605. The second-order valence-electron chi connectivity index (χ2n) is 4.91. The predicted octanol–water partition coefficient (Wildman–Crippen LogP) is 1.92. The molecule has 1 aliphatic rings. The van der Waals surface area contributed by atoms with E-state index < -0.39 is 0 Å². The largest absolute Gasteiger partial charge is 0.469 e. The molecule has 0 saturated carbocycles. The second-order valence-corrected chi connectivity index (χ2v) is 4.91. The zero-order chi connectivity index (χ0) is 11.4. The van der Waals surface area contributed by atoms with E-state index in [2.05, 4.69) is 18.7 Å². The van der Waals surface area contributed by atoms with Gasteiger partial charge in [0.05, 0.1) is 13.0 Å². The third-order valence-electron chi connectivity index (χ3n) is 3.36. The number of nitrogens with zero attached hydrogens (tertiary/aromatic N) is 1. The van der Waals surface area contributed by atoms with Crippen LogP contribution in [0.15, 0.2) is 0 Å². The Balaban J connectivity index is 2.45. The van der Waals surface area contributed by atoms with Crippen LogP contribution in [0, 0.1) is 11.8 Å². The highest BCUT2D eigenvalue weighted by molar-refractivity contribution is 5.72. The Morgan fingerprint density at radius 1 is 1.47 bits per heavy atom. The van der Waals surface area contributed by atoms with Crippen LogP contribution in [0.2, 0.25) is 0 Å². The molecule has 1 aliphatic heterocycles. The average molecular weight is 213 g/mol. The molecule has 0 aromatic carbocycles. The van der Waals surface area contributed by atoms with Crippen LogP contribution in [0.25, 0.3) is 0 Å². The monoisotopic (exact) mass is 213 g/mol. The van der Waals surface area contributed by atoms with Gasteiger partial charge >= 0.3 is 5.97 Å². The van der Waals surface area contributed by atoms with Crippen LogP contribution in [0.5, 0.6) is 0 Å². The maximum atomic E-state index is 11.3. The number of rotatable bonds is 3. The second kappa shape index (κ2) is 5.50. The fraction of sp³-hybridized carbons (Fsp3) is 0.917. The van der Waals surface area contributed by atoms with Gasteiger partial charge in [0.2, 0.25) is 0 Å². The minimum absolute atomic E-state index is 0.0113. The number of carbonyl (C=O) groups is 1. The summed E-state index contributed by atoms with van der Waals surface area (Å²) >= 11 is 0. The van der Waals surface area contributed by atoms with Gasteiger partial charge in [0.15, 0.2) is 0 Å². The van der Waals surface area contributed by atoms with Gasteiger partial charge in [-0.2, -0.15) is 0 Å². The minimum atomic E-state index is -0.0968. The predicted molar refractivity (Wildman–Crippen MR) is 60.6 cm³/mol. The lowest BCUT2D eigenvalue weighted by Gasteiger charge is -2.37. The number of hydrogen-bond donors (Lipinski definition) is 0. The Morgan fingerprint density at radius 3 is 2.73 bits per heavy atom. The van der Waals surface area contributed by atoms with E-state index in [1.165, 1.54) is 20.0 Å². The van der Waals surface area contributed by atoms with Gasteiger partial charge in [0.1, 0.15) is 0 Å². The molecule has 88 valence electrons. The summed E-state index contributed by atoms with van der Waals surface area (Å²) in [5, 5.41) is 0. The van der Waals surface area contributed by atoms with E-state index >= 15 is 0 Å². The molecule has 1 heterocycles.